The second-order valence-electron chi connectivity index (χ2n) is 7.40. The van der Waals surface area contributed by atoms with E-state index in [0.29, 0.717) is 12.5 Å². The summed E-state index contributed by atoms with van der Waals surface area (Å²) in [5.41, 5.74) is 1.75. The van der Waals surface area contributed by atoms with Crippen molar-refractivity contribution in [2.24, 2.45) is 5.92 Å². The zero-order valence-corrected chi connectivity index (χ0v) is 17.8. The summed E-state index contributed by atoms with van der Waals surface area (Å²) in [7, 11) is 0. The fraction of sp³-hybridized carbons (Fsp3) is 0.381. The topological polar surface area (TPSA) is 45.5 Å². The van der Waals surface area contributed by atoms with Crippen molar-refractivity contribution < 1.29 is 9.50 Å². The quantitative estimate of drug-likeness (QED) is 0.607. The molecule has 4 rings (SSSR count). The molecule has 0 aliphatic carbocycles. The van der Waals surface area contributed by atoms with E-state index >= 15 is 0 Å². The maximum Gasteiger partial charge on any atom is 0.308 e. The molecule has 4 nitrogen and oxygen atoms in total. The molecule has 1 aliphatic rings. The first kappa shape index (κ1) is 19.8. The van der Waals surface area contributed by atoms with Crippen molar-refractivity contribution in [2.45, 2.75) is 25.5 Å². The van der Waals surface area contributed by atoms with Gasteiger partial charge in [0.05, 0.1) is 16.3 Å². The van der Waals surface area contributed by atoms with Crippen molar-refractivity contribution in [3.8, 4) is 0 Å². The van der Waals surface area contributed by atoms with Crippen LogP contribution in [0.2, 0.25) is 0 Å². The second kappa shape index (κ2) is 8.45. The predicted molar refractivity (Wildman–Crippen MR) is 114 cm³/mol. The number of nitrogens with zero attached hydrogens (tertiary/aromatic N) is 2. The molecule has 1 N–H and O–H groups in total. The average molecular weight is 465 g/mol. The third kappa shape index (κ3) is 4.38. The van der Waals surface area contributed by atoms with Crippen LogP contribution in [-0.4, -0.2) is 34.2 Å². The van der Waals surface area contributed by atoms with Crippen LogP contribution in [0.1, 0.15) is 24.5 Å². The third-order valence-corrected chi connectivity index (χ3v) is 6.90. The maximum absolute atomic E-state index is 13.0. The van der Waals surface area contributed by atoms with Gasteiger partial charge in [-0.3, -0.25) is 9.36 Å². The van der Waals surface area contributed by atoms with E-state index < -0.39 is 6.10 Å². The molecule has 1 fully saturated rings. The Bertz CT molecular complexity index is 1010. The summed E-state index contributed by atoms with van der Waals surface area (Å²) in [5.74, 6) is 0.165. The standard InChI is InChI=1S/C21H22BrFN2O2S/c22-16-3-6-18-20(11-16)28-21(27)25(18)12-14-7-9-24(10-8-14)13-19(26)15-1-4-17(23)5-2-15/h1-6,11,14,19,26H,7-10,12-13H2/t19-/m1/s1. The van der Waals surface area contributed by atoms with Gasteiger partial charge in [-0.15, -0.1) is 0 Å². The lowest BCUT2D eigenvalue weighted by Crippen LogP contribution is -2.38. The Labute approximate surface area is 175 Å². The van der Waals surface area contributed by atoms with Crippen LogP contribution in [0.3, 0.4) is 0 Å². The monoisotopic (exact) mass is 464 g/mol. The molecule has 148 valence electrons. The van der Waals surface area contributed by atoms with Gasteiger partial charge in [0, 0.05) is 17.6 Å². The first-order chi connectivity index (χ1) is 13.5. The van der Waals surface area contributed by atoms with E-state index in [-0.39, 0.29) is 10.7 Å². The van der Waals surface area contributed by atoms with Crippen molar-refractivity contribution in [1.29, 1.82) is 0 Å². The van der Waals surface area contributed by atoms with E-state index in [1.54, 1.807) is 12.1 Å². The van der Waals surface area contributed by atoms with Crippen molar-refractivity contribution in [1.82, 2.24) is 9.47 Å². The summed E-state index contributed by atoms with van der Waals surface area (Å²) in [5, 5.41) is 10.4. The molecule has 2 heterocycles. The number of piperidine rings is 1. The molecule has 1 saturated heterocycles. The number of hydrogen-bond donors (Lipinski definition) is 1. The van der Waals surface area contributed by atoms with Gasteiger partial charge in [-0.1, -0.05) is 39.4 Å². The zero-order valence-electron chi connectivity index (χ0n) is 15.4. The molecule has 1 aromatic heterocycles. The summed E-state index contributed by atoms with van der Waals surface area (Å²) in [6, 6.07) is 12.0. The highest BCUT2D eigenvalue weighted by molar-refractivity contribution is 9.10. The highest BCUT2D eigenvalue weighted by atomic mass is 79.9. The van der Waals surface area contributed by atoms with Crippen LogP contribution < -0.4 is 4.87 Å². The number of aliphatic hydroxyl groups excluding tert-OH is 1. The van der Waals surface area contributed by atoms with E-state index in [1.165, 1.54) is 23.5 Å². The average Bonchev–Trinajstić information content (AvgIpc) is 2.98. The van der Waals surface area contributed by atoms with Crippen LogP contribution in [0.4, 0.5) is 4.39 Å². The van der Waals surface area contributed by atoms with Gasteiger partial charge in [0.25, 0.3) is 0 Å². The Hall–Kier alpha value is -1.54. The number of halogens is 2. The molecule has 1 atom stereocenters. The molecular formula is C21H22BrFN2O2S. The Kier molecular flexibility index (Phi) is 5.96. The molecule has 2 aromatic carbocycles. The molecule has 0 spiro atoms. The van der Waals surface area contributed by atoms with E-state index in [1.807, 2.05) is 22.8 Å². The number of hydrogen-bond acceptors (Lipinski definition) is 4. The number of aromatic nitrogens is 1. The fourth-order valence-electron chi connectivity index (χ4n) is 3.86. The van der Waals surface area contributed by atoms with E-state index in [9.17, 15) is 14.3 Å². The number of β-amino-alcohol motifs (C(OH)–C–C–N with tert-alkyl or cyclic N) is 1. The summed E-state index contributed by atoms with van der Waals surface area (Å²) < 4.78 is 16.9. The van der Waals surface area contributed by atoms with Crippen LogP contribution in [0.5, 0.6) is 0 Å². The van der Waals surface area contributed by atoms with E-state index in [4.69, 9.17) is 0 Å². The smallest absolute Gasteiger partial charge is 0.308 e. The summed E-state index contributed by atoms with van der Waals surface area (Å²) in [4.78, 5) is 14.8. The molecule has 1 aliphatic heterocycles. The molecule has 28 heavy (non-hydrogen) atoms. The van der Waals surface area contributed by atoms with Crippen LogP contribution in [0.15, 0.2) is 51.7 Å². The van der Waals surface area contributed by atoms with Crippen molar-refractivity contribution in [3.63, 3.8) is 0 Å². The van der Waals surface area contributed by atoms with Gasteiger partial charge in [-0.25, -0.2) is 4.39 Å². The largest absolute Gasteiger partial charge is 0.387 e. The van der Waals surface area contributed by atoms with Crippen LogP contribution in [-0.2, 0) is 6.54 Å². The van der Waals surface area contributed by atoms with Crippen molar-refractivity contribution in [3.05, 3.63) is 68.0 Å². The Balaban J connectivity index is 1.35. The SMILES string of the molecule is O=c1sc2cc(Br)ccc2n1CC1CCN(C[C@@H](O)c2ccc(F)cc2)CC1. The number of rotatable bonds is 5. The predicted octanol–water partition coefficient (Wildman–Crippen LogP) is 4.41. The van der Waals surface area contributed by atoms with Gasteiger partial charge in [0.2, 0.25) is 0 Å². The minimum atomic E-state index is -0.612. The highest BCUT2D eigenvalue weighted by Crippen LogP contribution is 2.26. The number of thiazole rings is 1. The summed E-state index contributed by atoms with van der Waals surface area (Å²) in [6.45, 7) is 3.08. The molecule has 0 bridgehead atoms. The lowest BCUT2D eigenvalue weighted by atomic mass is 9.96. The molecule has 0 amide bonds. The lowest BCUT2D eigenvalue weighted by molar-refractivity contribution is 0.0867. The molecule has 7 heteroatoms. The minimum Gasteiger partial charge on any atom is -0.387 e. The third-order valence-electron chi connectivity index (χ3n) is 5.46. The van der Waals surface area contributed by atoms with Gasteiger partial charge in [-0.05, 0) is 67.7 Å². The van der Waals surface area contributed by atoms with Crippen molar-refractivity contribution >= 4 is 37.5 Å². The Morgan fingerprint density at radius 1 is 1.18 bits per heavy atom. The highest BCUT2D eigenvalue weighted by Gasteiger charge is 2.23. The number of likely N-dealkylation sites (tertiary alicyclic amines) is 1. The van der Waals surface area contributed by atoms with Crippen molar-refractivity contribution in [2.75, 3.05) is 19.6 Å². The first-order valence-electron chi connectivity index (χ1n) is 9.44. The first-order valence-corrected chi connectivity index (χ1v) is 11.1. The molecule has 0 unspecified atom stereocenters. The maximum atomic E-state index is 13.0. The summed E-state index contributed by atoms with van der Waals surface area (Å²) >= 11 is 4.76. The van der Waals surface area contributed by atoms with Gasteiger partial charge in [-0.2, -0.15) is 0 Å². The zero-order chi connectivity index (χ0) is 19.7. The molecular weight excluding hydrogens is 443 g/mol. The number of benzene rings is 2. The lowest BCUT2D eigenvalue weighted by Gasteiger charge is -2.33. The van der Waals surface area contributed by atoms with Gasteiger partial charge in [0.1, 0.15) is 5.82 Å². The summed E-state index contributed by atoms with van der Waals surface area (Å²) in [6.07, 6.45) is 1.38. The Morgan fingerprint density at radius 3 is 2.61 bits per heavy atom. The van der Waals surface area contributed by atoms with Gasteiger partial charge < -0.3 is 10.0 Å². The van der Waals surface area contributed by atoms with E-state index in [2.05, 4.69) is 20.8 Å². The van der Waals surface area contributed by atoms with Gasteiger partial charge >= 0.3 is 4.87 Å². The second-order valence-corrected chi connectivity index (χ2v) is 9.31. The molecule has 0 radical (unpaired) electrons. The van der Waals surface area contributed by atoms with Crippen LogP contribution in [0.25, 0.3) is 10.2 Å². The molecule has 0 saturated carbocycles. The van der Waals surface area contributed by atoms with E-state index in [0.717, 1.165) is 52.7 Å². The Morgan fingerprint density at radius 2 is 1.89 bits per heavy atom. The van der Waals surface area contributed by atoms with Crippen LogP contribution >= 0.6 is 27.3 Å². The molecule has 3 aromatic rings. The number of fused-ring (bicyclic) bond motifs is 1. The van der Waals surface area contributed by atoms with Crippen LogP contribution in [0, 0.1) is 11.7 Å². The normalized spacial score (nSPS) is 17.2. The minimum absolute atomic E-state index is 0.0993. The number of aliphatic hydroxyl groups is 1. The fourth-order valence-corrected chi connectivity index (χ4v) is 5.31. The van der Waals surface area contributed by atoms with Gasteiger partial charge in [0.15, 0.2) is 0 Å².